The topological polar surface area (TPSA) is 21.9 Å². The average molecular weight is 550 g/mol. The molecular weight excluding hydrogens is 514 g/mol. The molecular formula is C38H35N3O+2. The van der Waals surface area contributed by atoms with Crippen molar-refractivity contribution < 1.29 is 13.9 Å². The van der Waals surface area contributed by atoms with E-state index in [9.17, 15) is 0 Å². The van der Waals surface area contributed by atoms with Crippen LogP contribution in [0.4, 0.5) is 0 Å². The molecule has 42 heavy (non-hydrogen) atoms. The lowest BCUT2D eigenvalue weighted by Gasteiger charge is -2.18. The quantitative estimate of drug-likeness (QED) is 0.209. The minimum atomic E-state index is -0.109. The van der Waals surface area contributed by atoms with E-state index in [-0.39, 0.29) is 6.23 Å². The summed E-state index contributed by atoms with van der Waals surface area (Å²) in [6.45, 7) is 5.51. The van der Waals surface area contributed by atoms with Gasteiger partial charge in [-0.3, -0.25) is 0 Å². The molecule has 5 aromatic rings. The highest BCUT2D eigenvalue weighted by atomic mass is 16.5. The molecule has 0 amide bonds. The van der Waals surface area contributed by atoms with E-state index in [1.54, 1.807) is 0 Å². The highest BCUT2D eigenvalue weighted by molar-refractivity contribution is 5.96. The third kappa shape index (κ3) is 3.41. The molecule has 0 N–H and O–H groups in total. The summed E-state index contributed by atoms with van der Waals surface area (Å²) >= 11 is 0. The summed E-state index contributed by atoms with van der Waals surface area (Å²) in [5.74, 6) is 3.06. The molecule has 2 unspecified atom stereocenters. The van der Waals surface area contributed by atoms with E-state index < -0.39 is 0 Å². The smallest absolute Gasteiger partial charge is 0.302 e. The summed E-state index contributed by atoms with van der Waals surface area (Å²) in [7, 11) is 0. The largest absolute Gasteiger partial charge is 0.433 e. The van der Waals surface area contributed by atoms with E-state index in [0.717, 1.165) is 43.5 Å². The SMILES string of the molecule is CC(C)Cc1ccc2[n+](c1)C1CC3C[n+]4c(n(C5=CCCC=C5)c5cccc(c54)-c4cccc-2c43)-c2ccccc2O1. The van der Waals surface area contributed by atoms with E-state index in [4.69, 9.17) is 4.74 Å². The van der Waals surface area contributed by atoms with Gasteiger partial charge in [0.15, 0.2) is 17.2 Å². The van der Waals surface area contributed by atoms with Gasteiger partial charge in [0, 0.05) is 23.1 Å². The van der Waals surface area contributed by atoms with Gasteiger partial charge in [0.05, 0.1) is 18.5 Å². The highest BCUT2D eigenvalue weighted by Crippen LogP contribution is 2.48. The molecule has 206 valence electrons. The average Bonchev–Trinajstić information content (AvgIpc) is 3.21. The van der Waals surface area contributed by atoms with Crippen LogP contribution in [0, 0.1) is 5.92 Å². The fourth-order valence-electron chi connectivity index (χ4n) is 7.98. The fraction of sp³-hybridized carbons (Fsp3) is 0.263. The number of para-hydroxylation sites is 2. The van der Waals surface area contributed by atoms with Crippen LogP contribution < -0.4 is 13.9 Å². The van der Waals surface area contributed by atoms with Crippen molar-refractivity contribution >= 4 is 16.7 Å². The molecule has 2 atom stereocenters. The minimum Gasteiger partial charge on any atom is -0.433 e. The molecule has 3 aromatic carbocycles. The molecule has 1 aliphatic carbocycles. The number of nitrogens with zero attached hydrogens (tertiary/aromatic N) is 3. The summed E-state index contributed by atoms with van der Waals surface area (Å²) in [5, 5.41) is 0. The number of imidazole rings is 1. The molecule has 0 fully saturated rings. The number of ether oxygens (including phenoxy) is 1. The lowest BCUT2D eigenvalue weighted by atomic mass is 9.85. The standard InChI is InChI=1S/C38H35N3O/c1-24(2)20-25-18-19-32-30-15-8-13-28-29-14-9-16-33-37(29)40-23-26(36(28)30)21-35(39(32)22-25)42-34-17-7-6-12-31(34)38(40)41(33)27-10-4-3-5-11-27/h4,6-19,22,24,26,35H,3,5,20-21,23H2,1-2H3/q+2. The van der Waals surface area contributed by atoms with Gasteiger partial charge in [-0.15, -0.1) is 0 Å². The summed E-state index contributed by atoms with van der Waals surface area (Å²) in [4.78, 5) is 0. The molecule has 2 aromatic heterocycles. The summed E-state index contributed by atoms with van der Waals surface area (Å²) in [5.41, 5.74) is 13.1. The van der Waals surface area contributed by atoms with Crippen LogP contribution in [0.25, 0.3) is 50.5 Å². The zero-order valence-electron chi connectivity index (χ0n) is 24.3. The van der Waals surface area contributed by atoms with Crippen LogP contribution in [-0.2, 0) is 13.0 Å². The van der Waals surface area contributed by atoms with Crippen molar-refractivity contribution in [3.63, 3.8) is 0 Å². The van der Waals surface area contributed by atoms with E-state index in [0.29, 0.717) is 11.8 Å². The van der Waals surface area contributed by atoms with Crippen LogP contribution in [0.3, 0.4) is 0 Å². The monoisotopic (exact) mass is 549 g/mol. The molecule has 0 saturated carbocycles. The minimum absolute atomic E-state index is 0.109. The Labute approximate surface area is 246 Å². The van der Waals surface area contributed by atoms with Crippen molar-refractivity contribution in [2.24, 2.45) is 5.92 Å². The lowest BCUT2D eigenvalue weighted by Crippen LogP contribution is -2.45. The first-order chi connectivity index (χ1) is 20.7. The number of benzene rings is 3. The Morgan fingerprint density at radius 3 is 2.60 bits per heavy atom. The Morgan fingerprint density at radius 1 is 0.881 bits per heavy atom. The Hall–Kier alpha value is -4.44. The first kappa shape index (κ1) is 24.2. The predicted molar refractivity (Wildman–Crippen MR) is 167 cm³/mol. The molecule has 4 heteroatoms. The predicted octanol–water partition coefficient (Wildman–Crippen LogP) is 8.00. The van der Waals surface area contributed by atoms with Gasteiger partial charge in [0.1, 0.15) is 17.0 Å². The van der Waals surface area contributed by atoms with Crippen molar-refractivity contribution in [1.29, 1.82) is 0 Å². The number of hydrogen-bond donors (Lipinski definition) is 0. The maximum Gasteiger partial charge on any atom is 0.302 e. The highest BCUT2D eigenvalue weighted by Gasteiger charge is 2.44. The Morgan fingerprint density at radius 2 is 1.71 bits per heavy atom. The number of pyridine rings is 1. The lowest BCUT2D eigenvalue weighted by molar-refractivity contribution is -0.746. The van der Waals surface area contributed by atoms with Crippen LogP contribution in [0.1, 0.15) is 56.4 Å². The number of rotatable bonds is 3. The Balaban J connectivity index is 1.43. The third-order valence-corrected chi connectivity index (χ3v) is 9.58. The van der Waals surface area contributed by atoms with Crippen LogP contribution >= 0.6 is 0 Å². The summed E-state index contributed by atoms with van der Waals surface area (Å²) in [6, 6.07) is 27.2. The molecule has 9 rings (SSSR count). The van der Waals surface area contributed by atoms with Crippen LogP contribution in [-0.4, -0.2) is 4.57 Å². The molecule has 0 radical (unpaired) electrons. The van der Waals surface area contributed by atoms with E-state index in [1.165, 1.54) is 56.1 Å². The van der Waals surface area contributed by atoms with Crippen molar-refractivity contribution in [1.82, 2.24) is 4.57 Å². The van der Waals surface area contributed by atoms with Crippen molar-refractivity contribution in [2.75, 3.05) is 0 Å². The molecule has 3 aliphatic heterocycles. The summed E-state index contributed by atoms with van der Waals surface area (Å²) in [6.07, 6.45) is 13.4. The second kappa shape index (κ2) is 9.03. The Kier molecular flexibility index (Phi) is 5.20. The Bertz CT molecular complexity index is 1990. The van der Waals surface area contributed by atoms with Crippen molar-refractivity contribution in [3.05, 3.63) is 108 Å². The van der Waals surface area contributed by atoms with Crippen molar-refractivity contribution in [3.8, 4) is 39.5 Å². The van der Waals surface area contributed by atoms with E-state index in [1.807, 2.05) is 0 Å². The fourth-order valence-corrected chi connectivity index (χ4v) is 7.98. The maximum absolute atomic E-state index is 7.20. The molecule has 4 nitrogen and oxygen atoms in total. The molecule has 5 heterocycles. The van der Waals surface area contributed by atoms with Gasteiger partial charge in [-0.1, -0.05) is 50.3 Å². The number of allylic oxidation sites excluding steroid dienone is 4. The second-order valence-corrected chi connectivity index (χ2v) is 12.7. The van der Waals surface area contributed by atoms with Gasteiger partial charge >= 0.3 is 6.23 Å². The molecule has 0 spiro atoms. The zero-order chi connectivity index (χ0) is 27.9. The van der Waals surface area contributed by atoms with Gasteiger partial charge in [-0.05, 0) is 84.9 Å². The number of aromatic nitrogens is 3. The van der Waals surface area contributed by atoms with Gasteiger partial charge in [-0.2, -0.15) is 9.13 Å². The van der Waals surface area contributed by atoms with E-state index >= 15 is 0 Å². The first-order valence-corrected chi connectivity index (χ1v) is 15.5. The number of hydrogen-bond acceptors (Lipinski definition) is 1. The van der Waals surface area contributed by atoms with Crippen LogP contribution in [0.5, 0.6) is 5.75 Å². The maximum atomic E-state index is 7.20. The molecule has 3 bridgehead atoms. The summed E-state index contributed by atoms with van der Waals surface area (Å²) < 4.78 is 14.8. The van der Waals surface area contributed by atoms with Gasteiger partial charge in [-0.25, -0.2) is 4.57 Å². The first-order valence-electron chi connectivity index (χ1n) is 15.5. The van der Waals surface area contributed by atoms with Crippen LogP contribution in [0.15, 0.2) is 97.2 Å². The number of fused-ring (bicyclic) bond motifs is 7. The van der Waals surface area contributed by atoms with Gasteiger partial charge in [0.2, 0.25) is 5.69 Å². The van der Waals surface area contributed by atoms with Gasteiger partial charge in [0.25, 0.3) is 5.82 Å². The second-order valence-electron chi connectivity index (χ2n) is 12.7. The van der Waals surface area contributed by atoms with Crippen LogP contribution in [0.2, 0.25) is 0 Å². The zero-order valence-corrected chi connectivity index (χ0v) is 24.3. The third-order valence-electron chi connectivity index (χ3n) is 9.58. The molecule has 4 aliphatic rings. The normalized spacial score (nSPS) is 19.4. The van der Waals surface area contributed by atoms with Crippen molar-refractivity contribution in [2.45, 2.75) is 58.2 Å². The molecule has 0 saturated heterocycles. The van der Waals surface area contributed by atoms with Gasteiger partial charge < -0.3 is 4.74 Å². The van der Waals surface area contributed by atoms with E-state index in [2.05, 4.69) is 125 Å².